The number of H-pyrrole nitrogens is 1. The Morgan fingerprint density at radius 1 is 1.03 bits per heavy atom. The molecule has 4 aromatic rings. The molecule has 0 aliphatic heterocycles. The van der Waals surface area contributed by atoms with E-state index in [9.17, 15) is 9.18 Å². The second-order valence-electron chi connectivity index (χ2n) is 6.51. The number of nitrogens with zero attached hydrogens (tertiary/aromatic N) is 1. The van der Waals surface area contributed by atoms with Gasteiger partial charge in [-0.05, 0) is 70.8 Å². The summed E-state index contributed by atoms with van der Waals surface area (Å²) in [5.41, 5.74) is 10.9. The van der Waals surface area contributed by atoms with Crippen LogP contribution in [-0.4, -0.2) is 16.2 Å². The second-order valence-corrected chi connectivity index (χ2v) is 6.51. The van der Waals surface area contributed by atoms with Gasteiger partial charge >= 0.3 is 0 Å². The monoisotopic (exact) mass is 384 g/mol. The van der Waals surface area contributed by atoms with Gasteiger partial charge in [-0.15, -0.1) is 0 Å². The highest BCUT2D eigenvalue weighted by Gasteiger charge is 2.11. The topological polar surface area (TPSA) is 95.6 Å². The SMILES string of the molecule is N=CC(=C(N)c1ccc(F)cc1)c1ccc2nccc(-c3ccc(=O)[nH]c3)c2c1. The Morgan fingerprint density at radius 3 is 2.48 bits per heavy atom. The summed E-state index contributed by atoms with van der Waals surface area (Å²) >= 11 is 0. The maximum absolute atomic E-state index is 13.2. The first kappa shape index (κ1) is 18.3. The lowest BCUT2D eigenvalue weighted by molar-refractivity contribution is 0.627. The van der Waals surface area contributed by atoms with Crippen LogP contribution in [0.4, 0.5) is 4.39 Å². The van der Waals surface area contributed by atoms with Gasteiger partial charge in [-0.1, -0.05) is 6.07 Å². The average molecular weight is 384 g/mol. The lowest BCUT2D eigenvalue weighted by Gasteiger charge is -2.11. The van der Waals surface area contributed by atoms with Crippen LogP contribution in [0.25, 0.3) is 33.3 Å². The van der Waals surface area contributed by atoms with E-state index in [-0.39, 0.29) is 11.4 Å². The first-order chi connectivity index (χ1) is 14.1. The van der Waals surface area contributed by atoms with E-state index >= 15 is 0 Å². The highest BCUT2D eigenvalue weighted by molar-refractivity contribution is 6.18. The van der Waals surface area contributed by atoms with Crippen molar-refractivity contribution >= 4 is 28.4 Å². The molecule has 0 saturated carbocycles. The molecule has 4 N–H and O–H groups in total. The van der Waals surface area contributed by atoms with Crippen LogP contribution in [0.3, 0.4) is 0 Å². The lowest BCUT2D eigenvalue weighted by atomic mass is 9.96. The molecule has 0 atom stereocenters. The van der Waals surface area contributed by atoms with Crippen LogP contribution in [0.15, 0.2) is 77.9 Å². The van der Waals surface area contributed by atoms with Crippen LogP contribution in [0.5, 0.6) is 0 Å². The van der Waals surface area contributed by atoms with Crippen molar-refractivity contribution in [1.82, 2.24) is 9.97 Å². The van der Waals surface area contributed by atoms with E-state index in [1.54, 1.807) is 30.6 Å². The average Bonchev–Trinajstić information content (AvgIpc) is 2.75. The van der Waals surface area contributed by atoms with Crippen LogP contribution >= 0.6 is 0 Å². The zero-order chi connectivity index (χ0) is 20.4. The molecule has 142 valence electrons. The number of pyridine rings is 2. The summed E-state index contributed by atoms with van der Waals surface area (Å²) in [7, 11) is 0. The van der Waals surface area contributed by atoms with Crippen molar-refractivity contribution in [2.24, 2.45) is 5.73 Å². The second kappa shape index (κ2) is 7.52. The largest absolute Gasteiger partial charge is 0.398 e. The summed E-state index contributed by atoms with van der Waals surface area (Å²) in [5.74, 6) is -0.347. The lowest BCUT2D eigenvalue weighted by Crippen LogP contribution is -2.03. The highest BCUT2D eigenvalue weighted by atomic mass is 19.1. The van der Waals surface area contributed by atoms with Gasteiger partial charge in [0.1, 0.15) is 5.82 Å². The minimum atomic E-state index is -0.347. The number of rotatable bonds is 4. The normalized spacial score (nSPS) is 11.9. The third kappa shape index (κ3) is 3.55. The number of hydrogen-bond acceptors (Lipinski definition) is 4. The molecule has 0 fully saturated rings. The van der Waals surface area contributed by atoms with Gasteiger partial charge in [0.25, 0.3) is 0 Å². The van der Waals surface area contributed by atoms with Crippen LogP contribution < -0.4 is 11.3 Å². The van der Waals surface area contributed by atoms with Crippen LogP contribution in [0.2, 0.25) is 0 Å². The zero-order valence-corrected chi connectivity index (χ0v) is 15.3. The molecule has 4 rings (SSSR count). The Labute approximate surface area is 165 Å². The molecular weight excluding hydrogens is 367 g/mol. The number of fused-ring (bicyclic) bond motifs is 1. The minimum Gasteiger partial charge on any atom is -0.398 e. The Bertz CT molecular complexity index is 1290. The fourth-order valence-corrected chi connectivity index (χ4v) is 3.25. The van der Waals surface area contributed by atoms with Gasteiger partial charge in [0.05, 0.1) is 5.52 Å². The Kier molecular flexibility index (Phi) is 4.75. The Hall–Kier alpha value is -4.06. The maximum Gasteiger partial charge on any atom is 0.247 e. The zero-order valence-electron chi connectivity index (χ0n) is 15.3. The molecule has 0 spiro atoms. The minimum absolute atomic E-state index is 0.172. The molecule has 29 heavy (non-hydrogen) atoms. The summed E-state index contributed by atoms with van der Waals surface area (Å²) in [6, 6.07) is 16.6. The van der Waals surface area contributed by atoms with Crippen molar-refractivity contribution < 1.29 is 4.39 Å². The molecule has 2 aromatic heterocycles. The summed E-state index contributed by atoms with van der Waals surface area (Å²) < 4.78 is 13.2. The van der Waals surface area contributed by atoms with E-state index < -0.39 is 0 Å². The number of nitrogens with two attached hydrogens (primary N) is 1. The fraction of sp³-hybridized carbons (Fsp3) is 0. The standard InChI is InChI=1S/C23H17FN4O/c24-17-5-1-14(2-6-17)23(26)20(12-25)15-3-7-21-19(11-15)18(9-10-27-21)16-4-8-22(29)28-13-16/h1-13,25H,26H2,(H,28,29). The van der Waals surface area contributed by atoms with Gasteiger partial charge in [0.2, 0.25) is 5.56 Å². The molecule has 0 saturated heterocycles. The van der Waals surface area contributed by atoms with Gasteiger partial charge in [-0.2, -0.15) is 0 Å². The summed E-state index contributed by atoms with van der Waals surface area (Å²) in [6.07, 6.45) is 4.56. The number of nitrogens with one attached hydrogen (secondary N) is 2. The molecule has 0 amide bonds. The van der Waals surface area contributed by atoms with Crippen molar-refractivity contribution in [2.45, 2.75) is 0 Å². The fourth-order valence-electron chi connectivity index (χ4n) is 3.25. The summed E-state index contributed by atoms with van der Waals surface area (Å²) in [4.78, 5) is 18.5. The van der Waals surface area contributed by atoms with Gasteiger partial charge in [-0.25, -0.2) is 4.39 Å². The number of hydrogen-bond donors (Lipinski definition) is 3. The quantitative estimate of drug-likeness (QED) is 0.363. The van der Waals surface area contributed by atoms with Gasteiger partial charge in [0, 0.05) is 41.3 Å². The number of aromatic amines is 1. The smallest absolute Gasteiger partial charge is 0.247 e. The molecule has 5 nitrogen and oxygen atoms in total. The Balaban J connectivity index is 1.90. The van der Waals surface area contributed by atoms with Crippen LogP contribution in [0.1, 0.15) is 11.1 Å². The predicted octanol–water partition coefficient (Wildman–Crippen LogP) is 4.21. The molecule has 0 unspecified atom stereocenters. The number of allylic oxidation sites excluding steroid dienone is 1. The van der Waals surface area contributed by atoms with E-state index in [2.05, 4.69) is 9.97 Å². The van der Waals surface area contributed by atoms with Crippen molar-refractivity contribution in [3.05, 3.63) is 100 Å². The van der Waals surface area contributed by atoms with Crippen molar-refractivity contribution in [1.29, 1.82) is 5.41 Å². The number of benzene rings is 2. The van der Waals surface area contributed by atoms with Gasteiger partial charge < -0.3 is 16.1 Å². The van der Waals surface area contributed by atoms with Gasteiger partial charge in [0.15, 0.2) is 0 Å². The van der Waals surface area contributed by atoms with E-state index in [1.165, 1.54) is 24.4 Å². The third-order valence-corrected chi connectivity index (χ3v) is 4.74. The third-order valence-electron chi connectivity index (χ3n) is 4.74. The van der Waals surface area contributed by atoms with Crippen molar-refractivity contribution in [2.75, 3.05) is 0 Å². The molecule has 0 aliphatic rings. The predicted molar refractivity (Wildman–Crippen MR) is 114 cm³/mol. The van der Waals surface area contributed by atoms with E-state index in [1.807, 2.05) is 24.3 Å². The van der Waals surface area contributed by atoms with E-state index in [4.69, 9.17) is 11.1 Å². The molecule has 0 bridgehead atoms. The summed E-state index contributed by atoms with van der Waals surface area (Å²) in [6.45, 7) is 0. The first-order valence-corrected chi connectivity index (χ1v) is 8.91. The molecule has 0 radical (unpaired) electrons. The molecule has 0 aliphatic carbocycles. The number of halogens is 1. The van der Waals surface area contributed by atoms with E-state index in [0.29, 0.717) is 16.8 Å². The Morgan fingerprint density at radius 2 is 1.79 bits per heavy atom. The molecule has 6 heteroatoms. The van der Waals surface area contributed by atoms with Crippen LogP contribution in [0, 0.1) is 11.2 Å². The highest BCUT2D eigenvalue weighted by Crippen LogP contribution is 2.30. The number of aromatic nitrogens is 2. The van der Waals surface area contributed by atoms with Crippen molar-refractivity contribution in [3.8, 4) is 11.1 Å². The van der Waals surface area contributed by atoms with Gasteiger partial charge in [-0.3, -0.25) is 9.78 Å². The maximum atomic E-state index is 13.2. The summed E-state index contributed by atoms with van der Waals surface area (Å²) in [5, 5.41) is 8.74. The van der Waals surface area contributed by atoms with Crippen LogP contribution in [-0.2, 0) is 0 Å². The molecular formula is C23H17FN4O. The molecule has 2 aromatic carbocycles. The van der Waals surface area contributed by atoms with Crippen molar-refractivity contribution in [3.63, 3.8) is 0 Å². The first-order valence-electron chi connectivity index (χ1n) is 8.91. The molecule has 2 heterocycles. The van der Waals surface area contributed by atoms with E-state index in [0.717, 1.165) is 27.6 Å².